The normalized spacial score (nSPS) is 18.0. The monoisotopic (exact) mass is 566 g/mol. The molecular weight excluding hydrogens is 528 g/mol. The van der Waals surface area contributed by atoms with Crippen molar-refractivity contribution in [2.75, 3.05) is 67.7 Å². The molecule has 0 saturated carbocycles. The Bertz CT molecular complexity index is 1290. The van der Waals surface area contributed by atoms with Gasteiger partial charge in [-0.05, 0) is 55.8 Å². The minimum absolute atomic E-state index is 0.0414. The van der Waals surface area contributed by atoms with Gasteiger partial charge >= 0.3 is 12.0 Å². The predicted octanol–water partition coefficient (Wildman–Crippen LogP) is 3.07. The first-order chi connectivity index (χ1) is 19.8. The van der Waals surface area contributed by atoms with E-state index in [2.05, 4.69) is 10.2 Å². The largest absolute Gasteiger partial charge is 0.497 e. The van der Waals surface area contributed by atoms with Crippen molar-refractivity contribution in [3.05, 3.63) is 64.9 Å². The number of rotatable bonds is 9. The number of nitrogens with one attached hydrogen (secondary N) is 1. The van der Waals surface area contributed by atoms with Crippen LogP contribution in [-0.4, -0.2) is 100 Å². The molecule has 2 aliphatic heterocycles. The fraction of sp³-hybridized carbons (Fsp3) is 0.433. The quantitative estimate of drug-likeness (QED) is 0.462. The molecule has 4 rings (SSSR count). The van der Waals surface area contributed by atoms with Gasteiger partial charge in [0.2, 0.25) is 0 Å². The van der Waals surface area contributed by atoms with Gasteiger partial charge in [-0.2, -0.15) is 0 Å². The average Bonchev–Trinajstić information content (AvgIpc) is 3.24. The second kappa shape index (κ2) is 13.4. The third-order valence-corrected chi connectivity index (χ3v) is 7.41. The first-order valence-corrected chi connectivity index (χ1v) is 13.6. The van der Waals surface area contributed by atoms with Crippen molar-refractivity contribution in [2.45, 2.75) is 19.4 Å². The lowest BCUT2D eigenvalue weighted by Crippen LogP contribution is -2.49. The topological polar surface area (TPSA) is 110 Å². The number of esters is 1. The van der Waals surface area contributed by atoms with Crippen molar-refractivity contribution >= 4 is 17.9 Å². The van der Waals surface area contributed by atoms with Gasteiger partial charge in [0, 0.05) is 56.6 Å². The van der Waals surface area contributed by atoms with Crippen LogP contribution >= 0.6 is 0 Å². The molecule has 0 spiro atoms. The van der Waals surface area contributed by atoms with Crippen molar-refractivity contribution in [1.82, 2.24) is 20.0 Å². The smallest absolute Gasteiger partial charge is 0.338 e. The van der Waals surface area contributed by atoms with Crippen LogP contribution in [0.5, 0.6) is 17.2 Å². The number of carbonyl (C=O) groups is 3. The molecule has 0 bridgehead atoms. The Morgan fingerprint density at radius 3 is 2.29 bits per heavy atom. The standard InChI is InChI=1S/C30H38N4O7/c1-6-41-29(36)26-24(32(2)30(37)31-27(26)23-18-22(39-4)12-13-25(23)40-5)19-33-14-7-15-34(17-16-33)28(35)20-8-10-21(38-3)11-9-20/h8-13,18,27H,6-7,14-17,19H2,1-5H3,(H,31,37). The number of carbonyl (C=O) groups excluding carboxylic acids is 3. The molecule has 3 amide bonds. The molecule has 11 heteroatoms. The third-order valence-electron chi connectivity index (χ3n) is 7.41. The molecule has 2 aliphatic rings. The van der Waals surface area contributed by atoms with Crippen LogP contribution < -0.4 is 19.5 Å². The summed E-state index contributed by atoms with van der Waals surface area (Å²) in [6.45, 7) is 4.63. The van der Waals surface area contributed by atoms with Crippen LogP contribution in [-0.2, 0) is 9.53 Å². The highest BCUT2D eigenvalue weighted by atomic mass is 16.5. The van der Waals surface area contributed by atoms with Crippen molar-refractivity contribution < 1.29 is 33.3 Å². The maximum atomic E-state index is 13.4. The van der Waals surface area contributed by atoms with Crippen molar-refractivity contribution in [3.63, 3.8) is 0 Å². The summed E-state index contributed by atoms with van der Waals surface area (Å²) in [5.74, 6) is 1.20. The highest BCUT2D eigenvalue weighted by molar-refractivity contribution is 5.95. The van der Waals surface area contributed by atoms with Crippen LogP contribution in [0.2, 0.25) is 0 Å². The molecule has 2 aromatic carbocycles. The zero-order valence-corrected chi connectivity index (χ0v) is 24.3. The van der Waals surface area contributed by atoms with Crippen LogP contribution in [0.4, 0.5) is 4.79 Å². The number of nitrogens with zero attached hydrogens (tertiary/aromatic N) is 3. The Morgan fingerprint density at radius 2 is 1.63 bits per heavy atom. The van der Waals surface area contributed by atoms with Gasteiger partial charge in [0.25, 0.3) is 5.91 Å². The predicted molar refractivity (Wildman–Crippen MR) is 152 cm³/mol. The van der Waals surface area contributed by atoms with E-state index in [0.29, 0.717) is 72.4 Å². The average molecular weight is 567 g/mol. The van der Waals surface area contributed by atoms with Gasteiger partial charge in [-0.15, -0.1) is 0 Å². The van der Waals surface area contributed by atoms with E-state index in [9.17, 15) is 14.4 Å². The summed E-state index contributed by atoms with van der Waals surface area (Å²) in [6.07, 6.45) is 0.743. The zero-order chi connectivity index (χ0) is 29.5. The van der Waals surface area contributed by atoms with Gasteiger partial charge in [-0.1, -0.05) is 0 Å². The second-order valence-electron chi connectivity index (χ2n) is 9.78. The number of hydrogen-bond acceptors (Lipinski definition) is 8. The SMILES string of the molecule is CCOC(=O)C1=C(CN2CCCN(C(=O)c3ccc(OC)cc3)CC2)N(C)C(=O)NC1c1cc(OC)ccc1OC. The molecule has 1 unspecified atom stereocenters. The summed E-state index contributed by atoms with van der Waals surface area (Å²) in [5, 5.41) is 2.94. The van der Waals surface area contributed by atoms with Crippen LogP contribution in [0.25, 0.3) is 0 Å². The molecule has 11 nitrogen and oxygen atoms in total. The molecule has 1 atom stereocenters. The molecule has 0 radical (unpaired) electrons. The van der Waals surface area contributed by atoms with Crippen molar-refractivity contribution in [3.8, 4) is 17.2 Å². The molecule has 1 fully saturated rings. The maximum Gasteiger partial charge on any atom is 0.338 e. The summed E-state index contributed by atoms with van der Waals surface area (Å²) in [6, 6.07) is 11.2. The van der Waals surface area contributed by atoms with E-state index in [1.807, 2.05) is 4.90 Å². The molecule has 2 aromatic rings. The Kier molecular flexibility index (Phi) is 9.72. The third kappa shape index (κ3) is 6.57. The van der Waals surface area contributed by atoms with Crippen molar-refractivity contribution in [1.29, 1.82) is 0 Å². The number of benzene rings is 2. The Hall–Kier alpha value is -4.25. The molecule has 1 saturated heterocycles. The molecular formula is C30H38N4O7. The van der Waals surface area contributed by atoms with Crippen LogP contribution in [0.15, 0.2) is 53.7 Å². The van der Waals surface area contributed by atoms with E-state index < -0.39 is 12.0 Å². The maximum absolute atomic E-state index is 13.4. The first kappa shape index (κ1) is 29.7. The number of hydrogen-bond donors (Lipinski definition) is 1. The summed E-state index contributed by atoms with van der Waals surface area (Å²) < 4.78 is 21.7. The number of ether oxygens (including phenoxy) is 4. The molecule has 0 aromatic heterocycles. The Morgan fingerprint density at radius 1 is 0.927 bits per heavy atom. The van der Waals surface area contributed by atoms with E-state index in [1.54, 1.807) is 70.7 Å². The lowest BCUT2D eigenvalue weighted by Gasteiger charge is -2.37. The van der Waals surface area contributed by atoms with Gasteiger partial charge in [-0.3, -0.25) is 14.6 Å². The molecule has 2 heterocycles. The fourth-order valence-electron chi connectivity index (χ4n) is 5.16. The number of methoxy groups -OCH3 is 3. The number of likely N-dealkylation sites (N-methyl/N-ethyl adjacent to an activating group) is 1. The van der Waals surface area contributed by atoms with Crippen LogP contribution in [0, 0.1) is 0 Å². The minimum Gasteiger partial charge on any atom is -0.497 e. The second-order valence-corrected chi connectivity index (χ2v) is 9.78. The van der Waals surface area contributed by atoms with Gasteiger partial charge < -0.3 is 29.2 Å². The lowest BCUT2D eigenvalue weighted by molar-refractivity contribution is -0.139. The van der Waals surface area contributed by atoms with Crippen molar-refractivity contribution in [2.24, 2.45) is 0 Å². The Labute approximate surface area is 240 Å². The van der Waals surface area contributed by atoms with Gasteiger partial charge in [-0.25, -0.2) is 9.59 Å². The molecule has 0 aliphatic carbocycles. The summed E-state index contributed by atoms with van der Waals surface area (Å²) in [5.41, 5.74) is 2.05. The van der Waals surface area contributed by atoms with E-state index in [1.165, 1.54) is 12.0 Å². The van der Waals surface area contributed by atoms with Gasteiger partial charge in [0.1, 0.15) is 17.2 Å². The highest BCUT2D eigenvalue weighted by Crippen LogP contribution is 2.38. The lowest BCUT2D eigenvalue weighted by atomic mass is 9.93. The summed E-state index contributed by atoms with van der Waals surface area (Å²) in [7, 11) is 6.31. The number of urea groups is 1. The van der Waals surface area contributed by atoms with E-state index in [0.717, 1.165) is 6.42 Å². The number of amides is 3. The van der Waals surface area contributed by atoms with Crippen LogP contribution in [0.1, 0.15) is 35.3 Å². The minimum atomic E-state index is -0.807. The zero-order valence-electron chi connectivity index (χ0n) is 24.3. The van der Waals surface area contributed by atoms with Gasteiger partial charge in [0.05, 0.1) is 39.6 Å². The van der Waals surface area contributed by atoms with E-state index >= 15 is 0 Å². The molecule has 1 N–H and O–H groups in total. The first-order valence-electron chi connectivity index (χ1n) is 13.6. The summed E-state index contributed by atoms with van der Waals surface area (Å²) >= 11 is 0. The Balaban J connectivity index is 1.63. The molecule has 41 heavy (non-hydrogen) atoms. The fourth-order valence-corrected chi connectivity index (χ4v) is 5.16. The van der Waals surface area contributed by atoms with E-state index in [4.69, 9.17) is 18.9 Å². The molecule has 220 valence electrons. The van der Waals surface area contributed by atoms with E-state index in [-0.39, 0.29) is 18.5 Å². The summed E-state index contributed by atoms with van der Waals surface area (Å²) in [4.78, 5) is 45.3. The van der Waals surface area contributed by atoms with Gasteiger partial charge in [0.15, 0.2) is 0 Å². The van der Waals surface area contributed by atoms with Crippen LogP contribution in [0.3, 0.4) is 0 Å². The highest BCUT2D eigenvalue weighted by Gasteiger charge is 2.39.